The molecule has 0 aliphatic rings. The summed E-state index contributed by atoms with van der Waals surface area (Å²) in [6.45, 7) is 0.432. The zero-order valence-electron chi connectivity index (χ0n) is 10.4. The van der Waals surface area contributed by atoms with Gasteiger partial charge in [-0.25, -0.2) is 0 Å². The number of benzene rings is 1. The molecule has 1 atom stereocenters. The molecule has 3 N–H and O–H groups in total. The summed E-state index contributed by atoms with van der Waals surface area (Å²) < 4.78 is 0. The van der Waals surface area contributed by atoms with Gasteiger partial charge in [-0.15, -0.1) is 11.6 Å². The van der Waals surface area contributed by atoms with Crippen molar-refractivity contribution in [1.82, 2.24) is 5.32 Å². The third kappa shape index (κ3) is 5.38. The Hall–Kier alpha value is -1.26. The van der Waals surface area contributed by atoms with Crippen LogP contribution in [0.25, 0.3) is 0 Å². The van der Waals surface area contributed by atoms with Crippen LogP contribution in [0.2, 0.25) is 0 Å². The van der Waals surface area contributed by atoms with Crippen molar-refractivity contribution in [2.45, 2.75) is 18.9 Å². The second-order valence-corrected chi connectivity index (χ2v) is 4.37. The molecule has 1 aromatic carbocycles. The minimum atomic E-state index is -0.542. The molecule has 0 saturated heterocycles. The molecular formula is C13H19ClN2O2. The number of amides is 1. The molecule has 0 radical (unpaired) electrons. The minimum Gasteiger partial charge on any atom is -0.390 e. The number of alkyl halides is 1. The predicted octanol–water partition coefficient (Wildman–Crippen LogP) is 1.38. The lowest BCUT2D eigenvalue weighted by Gasteiger charge is -2.10. The van der Waals surface area contributed by atoms with Crippen LogP contribution in [-0.2, 0) is 11.2 Å². The van der Waals surface area contributed by atoms with Gasteiger partial charge < -0.3 is 15.7 Å². The number of aliphatic hydroxyl groups is 1. The van der Waals surface area contributed by atoms with Crippen LogP contribution in [0.1, 0.15) is 12.0 Å². The highest BCUT2D eigenvalue weighted by Crippen LogP contribution is 2.11. The quantitative estimate of drug-likeness (QED) is 0.656. The summed E-state index contributed by atoms with van der Waals surface area (Å²) in [6, 6.07) is 7.80. The molecule has 1 unspecified atom stereocenters. The van der Waals surface area contributed by atoms with Crippen molar-refractivity contribution in [2.24, 2.45) is 0 Å². The molecule has 0 aromatic heterocycles. The molecule has 0 heterocycles. The summed E-state index contributed by atoms with van der Waals surface area (Å²) >= 11 is 5.50. The maximum absolute atomic E-state index is 11.1. The first-order valence-corrected chi connectivity index (χ1v) is 6.46. The van der Waals surface area contributed by atoms with Gasteiger partial charge >= 0.3 is 0 Å². The number of anilines is 1. The fraction of sp³-hybridized carbons (Fsp3) is 0.462. The molecule has 4 nitrogen and oxygen atoms in total. The van der Waals surface area contributed by atoms with Crippen LogP contribution in [0, 0.1) is 0 Å². The van der Waals surface area contributed by atoms with Gasteiger partial charge in [-0.3, -0.25) is 4.79 Å². The van der Waals surface area contributed by atoms with E-state index in [1.54, 1.807) is 7.05 Å². The summed E-state index contributed by atoms with van der Waals surface area (Å²) in [5.41, 5.74) is 2.05. The van der Waals surface area contributed by atoms with Crippen LogP contribution in [0.4, 0.5) is 5.69 Å². The molecule has 1 amide bonds. The third-order valence-corrected chi connectivity index (χ3v) is 2.95. The Kier molecular flexibility index (Phi) is 6.54. The van der Waals surface area contributed by atoms with Crippen molar-refractivity contribution in [3.63, 3.8) is 0 Å². The molecule has 1 aromatic rings. The summed E-state index contributed by atoms with van der Waals surface area (Å²) in [7, 11) is 1.64. The van der Waals surface area contributed by atoms with Crippen LogP contribution < -0.4 is 10.6 Å². The number of halogens is 1. The number of carbonyl (C=O) groups excluding carboxylic acids is 1. The van der Waals surface area contributed by atoms with Gasteiger partial charge in [0.25, 0.3) is 0 Å². The molecule has 5 heteroatoms. The maximum atomic E-state index is 11.1. The Labute approximate surface area is 112 Å². The average molecular weight is 271 g/mol. The van der Waals surface area contributed by atoms with Gasteiger partial charge in [0.05, 0.1) is 12.0 Å². The monoisotopic (exact) mass is 270 g/mol. The van der Waals surface area contributed by atoms with E-state index >= 15 is 0 Å². The van der Waals surface area contributed by atoms with Gasteiger partial charge in [-0.1, -0.05) is 12.1 Å². The Morgan fingerprint density at radius 2 is 2.06 bits per heavy atom. The van der Waals surface area contributed by atoms with Crippen molar-refractivity contribution >= 4 is 23.2 Å². The van der Waals surface area contributed by atoms with Gasteiger partial charge in [0.2, 0.25) is 5.91 Å². The highest BCUT2D eigenvalue weighted by molar-refractivity contribution is 6.18. The topological polar surface area (TPSA) is 61.4 Å². The standard InChI is InChI=1S/C13H19ClN2O2/c1-15-13(18)7-4-10-2-5-11(6-3-10)16-9-12(17)8-14/h2-3,5-6,12,16-17H,4,7-9H2,1H3,(H,15,18). The zero-order valence-corrected chi connectivity index (χ0v) is 11.2. The fourth-order valence-electron chi connectivity index (χ4n) is 1.46. The molecule has 0 spiro atoms. The molecule has 0 fully saturated rings. The van der Waals surface area contributed by atoms with E-state index in [9.17, 15) is 9.90 Å². The first-order chi connectivity index (χ1) is 8.65. The van der Waals surface area contributed by atoms with Crippen LogP contribution in [0.15, 0.2) is 24.3 Å². The van der Waals surface area contributed by atoms with Gasteiger partial charge in [-0.05, 0) is 24.1 Å². The molecular weight excluding hydrogens is 252 g/mol. The first-order valence-electron chi connectivity index (χ1n) is 5.93. The number of hydrogen-bond acceptors (Lipinski definition) is 3. The van der Waals surface area contributed by atoms with Gasteiger partial charge in [0.15, 0.2) is 0 Å². The Morgan fingerprint density at radius 1 is 1.39 bits per heavy atom. The predicted molar refractivity (Wildman–Crippen MR) is 74.0 cm³/mol. The van der Waals surface area contributed by atoms with Crippen molar-refractivity contribution < 1.29 is 9.90 Å². The van der Waals surface area contributed by atoms with E-state index < -0.39 is 6.10 Å². The summed E-state index contributed by atoms with van der Waals surface area (Å²) in [4.78, 5) is 11.1. The zero-order chi connectivity index (χ0) is 13.4. The molecule has 18 heavy (non-hydrogen) atoms. The molecule has 0 saturated carbocycles. The largest absolute Gasteiger partial charge is 0.390 e. The summed E-state index contributed by atoms with van der Waals surface area (Å²) in [5, 5.41) is 15.0. The van der Waals surface area contributed by atoms with E-state index in [2.05, 4.69) is 10.6 Å². The van der Waals surface area contributed by atoms with E-state index in [1.807, 2.05) is 24.3 Å². The van der Waals surface area contributed by atoms with Crippen molar-refractivity contribution in [2.75, 3.05) is 24.8 Å². The highest BCUT2D eigenvalue weighted by Gasteiger charge is 2.02. The maximum Gasteiger partial charge on any atom is 0.220 e. The van der Waals surface area contributed by atoms with Gasteiger partial charge in [0, 0.05) is 25.7 Å². The molecule has 0 aliphatic carbocycles. The number of nitrogens with one attached hydrogen (secondary N) is 2. The Balaban J connectivity index is 2.40. The second-order valence-electron chi connectivity index (χ2n) is 4.06. The summed E-state index contributed by atoms with van der Waals surface area (Å²) in [5.74, 6) is 0.263. The Morgan fingerprint density at radius 3 is 2.61 bits per heavy atom. The SMILES string of the molecule is CNC(=O)CCc1ccc(NCC(O)CCl)cc1. The number of carbonyl (C=O) groups is 1. The van der Waals surface area contributed by atoms with Crippen LogP contribution >= 0.6 is 11.6 Å². The average Bonchev–Trinajstić information content (AvgIpc) is 2.43. The first kappa shape index (κ1) is 14.8. The molecule has 0 aliphatic heterocycles. The third-order valence-electron chi connectivity index (χ3n) is 2.59. The molecule has 100 valence electrons. The van der Waals surface area contributed by atoms with E-state index in [1.165, 1.54) is 0 Å². The number of rotatable bonds is 7. The summed E-state index contributed by atoms with van der Waals surface area (Å²) in [6.07, 6.45) is 0.679. The highest BCUT2D eigenvalue weighted by atomic mass is 35.5. The van der Waals surface area contributed by atoms with Crippen molar-refractivity contribution in [3.8, 4) is 0 Å². The number of hydrogen-bond donors (Lipinski definition) is 3. The van der Waals surface area contributed by atoms with Gasteiger partial charge in [0.1, 0.15) is 0 Å². The van der Waals surface area contributed by atoms with Crippen molar-refractivity contribution in [3.05, 3.63) is 29.8 Å². The smallest absolute Gasteiger partial charge is 0.220 e. The fourth-order valence-corrected chi connectivity index (χ4v) is 1.57. The van der Waals surface area contributed by atoms with Crippen LogP contribution in [0.3, 0.4) is 0 Å². The van der Waals surface area contributed by atoms with E-state index in [-0.39, 0.29) is 11.8 Å². The van der Waals surface area contributed by atoms with E-state index in [4.69, 9.17) is 11.6 Å². The Bertz CT molecular complexity index is 368. The number of aliphatic hydroxyl groups excluding tert-OH is 1. The lowest BCUT2D eigenvalue weighted by atomic mass is 10.1. The number of aryl methyl sites for hydroxylation is 1. The van der Waals surface area contributed by atoms with Crippen molar-refractivity contribution in [1.29, 1.82) is 0 Å². The molecule has 0 bridgehead atoms. The van der Waals surface area contributed by atoms with Gasteiger partial charge in [-0.2, -0.15) is 0 Å². The van der Waals surface area contributed by atoms with E-state index in [0.717, 1.165) is 17.7 Å². The lowest BCUT2D eigenvalue weighted by molar-refractivity contribution is -0.120. The normalized spacial score (nSPS) is 11.9. The van der Waals surface area contributed by atoms with Crippen LogP contribution in [0.5, 0.6) is 0 Å². The lowest BCUT2D eigenvalue weighted by Crippen LogP contribution is -2.20. The second kappa shape index (κ2) is 7.95. The minimum absolute atomic E-state index is 0.0439. The van der Waals surface area contributed by atoms with Crippen LogP contribution in [-0.4, -0.2) is 36.6 Å². The van der Waals surface area contributed by atoms with E-state index in [0.29, 0.717) is 13.0 Å². The molecule has 1 rings (SSSR count).